The number of carbonyl (C=O) groups is 1. The third-order valence-electron chi connectivity index (χ3n) is 4.69. The van der Waals surface area contributed by atoms with E-state index in [1.807, 2.05) is 47.9 Å². The topological polar surface area (TPSA) is 54.0 Å². The molecule has 6 nitrogen and oxygen atoms in total. The van der Waals surface area contributed by atoms with Gasteiger partial charge in [-0.05, 0) is 43.4 Å². The predicted octanol–water partition coefficient (Wildman–Crippen LogP) is 2.76. The molecule has 0 aliphatic carbocycles. The van der Waals surface area contributed by atoms with Crippen molar-refractivity contribution in [2.75, 3.05) is 62.8 Å². The molecule has 26 heavy (non-hydrogen) atoms. The number of hydrogen-bond acceptors (Lipinski definition) is 5. The first-order valence-electron chi connectivity index (χ1n) is 9.44. The Kier molecular flexibility index (Phi) is 7.46. The van der Waals surface area contributed by atoms with Crippen molar-refractivity contribution < 1.29 is 14.3 Å². The van der Waals surface area contributed by atoms with E-state index in [1.54, 1.807) is 0 Å². The summed E-state index contributed by atoms with van der Waals surface area (Å²) >= 11 is 1.95. The van der Waals surface area contributed by atoms with Gasteiger partial charge < -0.3 is 19.7 Å². The second kappa shape index (κ2) is 10.0. The number of morpholine rings is 1. The molecule has 0 bridgehead atoms. The lowest BCUT2D eigenvalue weighted by Gasteiger charge is -2.35. The second-order valence-electron chi connectivity index (χ2n) is 6.58. The second-order valence-corrected chi connectivity index (χ2v) is 7.73. The number of nitrogens with zero attached hydrogens (tertiary/aromatic N) is 2. The number of nitrogens with one attached hydrogen (secondary N) is 1. The summed E-state index contributed by atoms with van der Waals surface area (Å²) in [6.45, 7) is 7.82. The Morgan fingerprint density at radius 3 is 2.77 bits per heavy atom. The molecule has 2 aliphatic rings. The molecule has 3 rings (SSSR count). The molecule has 2 aliphatic heterocycles. The fourth-order valence-electron chi connectivity index (χ4n) is 3.33. The van der Waals surface area contributed by atoms with Crippen LogP contribution in [0.25, 0.3) is 0 Å². The Labute approximate surface area is 160 Å². The molecule has 2 heterocycles. The van der Waals surface area contributed by atoms with E-state index >= 15 is 0 Å². The molecular weight excluding hydrogens is 350 g/mol. The Bertz CT molecular complexity index is 564. The van der Waals surface area contributed by atoms with Crippen molar-refractivity contribution in [2.45, 2.75) is 19.4 Å². The molecule has 0 spiro atoms. The average molecular weight is 380 g/mol. The SMILES string of the molecule is CCOc1ccc(NC(=O)N2CCCSCC2CN2CCOCC2)cc1. The van der Waals surface area contributed by atoms with Gasteiger partial charge in [0.15, 0.2) is 0 Å². The summed E-state index contributed by atoms with van der Waals surface area (Å²) in [5.74, 6) is 2.93. The van der Waals surface area contributed by atoms with E-state index < -0.39 is 0 Å². The van der Waals surface area contributed by atoms with Crippen molar-refractivity contribution >= 4 is 23.5 Å². The summed E-state index contributed by atoms with van der Waals surface area (Å²) in [6, 6.07) is 7.81. The molecule has 144 valence electrons. The van der Waals surface area contributed by atoms with Crippen LogP contribution in [-0.4, -0.2) is 79.4 Å². The summed E-state index contributed by atoms with van der Waals surface area (Å²) in [5.41, 5.74) is 0.806. The molecule has 1 atom stereocenters. The van der Waals surface area contributed by atoms with E-state index in [4.69, 9.17) is 9.47 Å². The molecule has 1 N–H and O–H groups in total. The Hall–Kier alpha value is -1.44. The van der Waals surface area contributed by atoms with E-state index in [-0.39, 0.29) is 12.1 Å². The first-order chi connectivity index (χ1) is 12.8. The first kappa shape index (κ1) is 19.3. The lowest BCUT2D eigenvalue weighted by Crippen LogP contribution is -2.51. The third kappa shape index (κ3) is 5.53. The maximum atomic E-state index is 12.9. The lowest BCUT2D eigenvalue weighted by atomic mass is 10.2. The predicted molar refractivity (Wildman–Crippen MR) is 106 cm³/mol. The summed E-state index contributed by atoms with van der Waals surface area (Å²) in [4.78, 5) is 17.3. The van der Waals surface area contributed by atoms with Gasteiger partial charge >= 0.3 is 6.03 Å². The van der Waals surface area contributed by atoms with Crippen LogP contribution in [0.15, 0.2) is 24.3 Å². The van der Waals surface area contributed by atoms with E-state index in [0.29, 0.717) is 6.61 Å². The van der Waals surface area contributed by atoms with Crippen molar-refractivity contribution in [1.29, 1.82) is 0 Å². The highest BCUT2D eigenvalue weighted by Crippen LogP contribution is 2.20. The van der Waals surface area contributed by atoms with Gasteiger partial charge in [0.25, 0.3) is 0 Å². The zero-order valence-electron chi connectivity index (χ0n) is 15.5. The quantitative estimate of drug-likeness (QED) is 0.853. The number of rotatable bonds is 5. The molecule has 2 saturated heterocycles. The van der Waals surface area contributed by atoms with Gasteiger partial charge in [-0.2, -0.15) is 11.8 Å². The maximum absolute atomic E-state index is 12.9. The van der Waals surface area contributed by atoms with E-state index in [9.17, 15) is 4.79 Å². The number of amides is 2. The number of hydrogen-bond donors (Lipinski definition) is 1. The van der Waals surface area contributed by atoms with Crippen molar-refractivity contribution in [3.05, 3.63) is 24.3 Å². The zero-order chi connectivity index (χ0) is 18.2. The minimum atomic E-state index is -0.00470. The third-order valence-corrected chi connectivity index (χ3v) is 5.89. The zero-order valence-corrected chi connectivity index (χ0v) is 16.3. The number of ether oxygens (including phenoxy) is 2. The van der Waals surface area contributed by atoms with Gasteiger partial charge in [-0.3, -0.25) is 4.90 Å². The highest BCUT2D eigenvalue weighted by molar-refractivity contribution is 7.99. The van der Waals surface area contributed by atoms with Crippen LogP contribution in [0.2, 0.25) is 0 Å². The number of thioether (sulfide) groups is 1. The monoisotopic (exact) mass is 379 g/mol. The highest BCUT2D eigenvalue weighted by Gasteiger charge is 2.28. The normalized spacial score (nSPS) is 21.9. The van der Waals surface area contributed by atoms with Crippen LogP contribution in [0.5, 0.6) is 5.75 Å². The van der Waals surface area contributed by atoms with E-state index in [1.165, 1.54) is 0 Å². The number of carbonyl (C=O) groups excluding carboxylic acids is 1. The smallest absolute Gasteiger partial charge is 0.322 e. The molecule has 2 fully saturated rings. The molecule has 0 saturated carbocycles. The summed E-state index contributed by atoms with van der Waals surface area (Å²) in [7, 11) is 0. The fourth-order valence-corrected chi connectivity index (χ4v) is 4.38. The van der Waals surface area contributed by atoms with E-state index in [0.717, 1.165) is 68.8 Å². The number of anilines is 1. The van der Waals surface area contributed by atoms with Crippen molar-refractivity contribution in [1.82, 2.24) is 9.80 Å². The first-order valence-corrected chi connectivity index (χ1v) is 10.6. The van der Waals surface area contributed by atoms with E-state index in [2.05, 4.69) is 10.2 Å². The fraction of sp³-hybridized carbons (Fsp3) is 0.632. The minimum absolute atomic E-state index is 0.00470. The van der Waals surface area contributed by atoms with Gasteiger partial charge in [-0.1, -0.05) is 0 Å². The average Bonchev–Trinajstić information content (AvgIpc) is 2.90. The number of benzene rings is 1. The van der Waals surface area contributed by atoms with Crippen LogP contribution in [0, 0.1) is 0 Å². The van der Waals surface area contributed by atoms with Crippen molar-refractivity contribution in [2.24, 2.45) is 0 Å². The molecule has 0 aromatic heterocycles. The maximum Gasteiger partial charge on any atom is 0.322 e. The highest BCUT2D eigenvalue weighted by atomic mass is 32.2. The van der Waals surface area contributed by atoms with Gasteiger partial charge in [0.1, 0.15) is 5.75 Å². The Balaban J connectivity index is 1.61. The largest absolute Gasteiger partial charge is 0.494 e. The van der Waals surface area contributed by atoms with Crippen LogP contribution in [0.1, 0.15) is 13.3 Å². The summed E-state index contributed by atoms with van der Waals surface area (Å²) in [6.07, 6.45) is 1.04. The number of urea groups is 1. The van der Waals surface area contributed by atoms with Crippen molar-refractivity contribution in [3.63, 3.8) is 0 Å². The molecule has 0 radical (unpaired) electrons. The van der Waals surface area contributed by atoms with Gasteiger partial charge in [0.2, 0.25) is 0 Å². The summed E-state index contributed by atoms with van der Waals surface area (Å²) < 4.78 is 10.9. The molecule has 1 unspecified atom stereocenters. The lowest BCUT2D eigenvalue weighted by molar-refractivity contribution is 0.0288. The van der Waals surface area contributed by atoms with Crippen LogP contribution >= 0.6 is 11.8 Å². The molecule has 1 aromatic carbocycles. The van der Waals surface area contributed by atoms with Crippen LogP contribution in [0.4, 0.5) is 10.5 Å². The van der Waals surface area contributed by atoms with Gasteiger partial charge in [0, 0.05) is 37.6 Å². The molecular formula is C19H29N3O3S. The van der Waals surface area contributed by atoms with Gasteiger partial charge in [0.05, 0.1) is 25.9 Å². The van der Waals surface area contributed by atoms with Gasteiger partial charge in [-0.15, -0.1) is 0 Å². The summed E-state index contributed by atoms with van der Waals surface area (Å²) in [5, 5.41) is 3.05. The Morgan fingerprint density at radius 1 is 1.27 bits per heavy atom. The van der Waals surface area contributed by atoms with Crippen LogP contribution < -0.4 is 10.1 Å². The molecule has 7 heteroatoms. The van der Waals surface area contributed by atoms with Crippen LogP contribution in [-0.2, 0) is 4.74 Å². The molecule has 1 aromatic rings. The van der Waals surface area contributed by atoms with Crippen molar-refractivity contribution in [3.8, 4) is 5.75 Å². The van der Waals surface area contributed by atoms with Crippen LogP contribution in [0.3, 0.4) is 0 Å². The molecule has 2 amide bonds. The van der Waals surface area contributed by atoms with Gasteiger partial charge in [-0.25, -0.2) is 4.79 Å². The minimum Gasteiger partial charge on any atom is -0.494 e. The standard InChI is InChI=1S/C19H29N3O3S/c1-2-25-18-6-4-16(5-7-18)20-19(23)22-8-3-13-26-15-17(22)14-21-9-11-24-12-10-21/h4-7,17H,2-3,8-15H2,1H3,(H,20,23). The Morgan fingerprint density at radius 2 is 2.04 bits per heavy atom.